The largest absolute Gasteiger partial charge is 0.506 e. The molecule has 0 saturated heterocycles. The molecule has 0 unspecified atom stereocenters. The van der Waals surface area contributed by atoms with Gasteiger partial charge in [-0.15, -0.1) is 0 Å². The number of anilines is 1. The zero-order valence-electron chi connectivity index (χ0n) is 7.91. The van der Waals surface area contributed by atoms with Gasteiger partial charge in [0.1, 0.15) is 11.4 Å². The molecule has 0 radical (unpaired) electrons. The second-order valence-corrected chi connectivity index (χ2v) is 3.37. The van der Waals surface area contributed by atoms with Crippen LogP contribution in [0.15, 0.2) is 18.2 Å². The average Bonchev–Trinajstić information content (AvgIpc) is 2.11. The van der Waals surface area contributed by atoms with Crippen molar-refractivity contribution in [1.82, 2.24) is 4.90 Å². The zero-order valence-corrected chi connectivity index (χ0v) is 8.67. The molecule has 2 amide bonds. The summed E-state index contributed by atoms with van der Waals surface area (Å²) in [5.41, 5.74) is 0.230. The van der Waals surface area contributed by atoms with E-state index in [2.05, 4.69) is 5.32 Å². The molecule has 4 nitrogen and oxygen atoms in total. The Morgan fingerprint density at radius 2 is 2.14 bits per heavy atom. The van der Waals surface area contributed by atoms with Crippen molar-refractivity contribution in [1.29, 1.82) is 0 Å². The van der Waals surface area contributed by atoms with Gasteiger partial charge in [-0.2, -0.15) is 0 Å². The van der Waals surface area contributed by atoms with E-state index in [1.165, 1.54) is 11.0 Å². The molecule has 0 aliphatic heterocycles. The minimum atomic E-state index is -0.339. The van der Waals surface area contributed by atoms with Gasteiger partial charge in [-0.05, 0) is 12.1 Å². The molecule has 0 aliphatic carbocycles. The minimum Gasteiger partial charge on any atom is -0.506 e. The van der Waals surface area contributed by atoms with Crippen molar-refractivity contribution in [2.75, 3.05) is 19.4 Å². The minimum absolute atomic E-state index is 0.0484. The molecule has 0 heterocycles. The van der Waals surface area contributed by atoms with Gasteiger partial charge in [0.25, 0.3) is 0 Å². The smallest absolute Gasteiger partial charge is 0.321 e. The number of hydrogen-bond donors (Lipinski definition) is 2. The fourth-order valence-corrected chi connectivity index (χ4v) is 1.07. The summed E-state index contributed by atoms with van der Waals surface area (Å²) in [5, 5.41) is 12.2. The summed E-state index contributed by atoms with van der Waals surface area (Å²) in [6.45, 7) is 0. The molecule has 1 aromatic carbocycles. The molecule has 0 saturated carbocycles. The van der Waals surface area contributed by atoms with Crippen LogP contribution >= 0.6 is 11.6 Å². The van der Waals surface area contributed by atoms with Crippen molar-refractivity contribution < 1.29 is 9.90 Å². The first kappa shape index (κ1) is 10.7. The molecule has 1 aromatic rings. The van der Waals surface area contributed by atoms with Crippen LogP contribution in [0.2, 0.25) is 5.02 Å². The van der Waals surface area contributed by atoms with E-state index in [0.29, 0.717) is 5.02 Å². The number of carbonyl (C=O) groups is 1. The summed E-state index contributed by atoms with van der Waals surface area (Å²) in [7, 11) is 3.20. The van der Waals surface area contributed by atoms with Crippen LogP contribution in [0.25, 0.3) is 0 Å². The van der Waals surface area contributed by atoms with Gasteiger partial charge in [0, 0.05) is 14.1 Å². The number of rotatable bonds is 1. The molecule has 2 N–H and O–H groups in total. The summed E-state index contributed by atoms with van der Waals surface area (Å²) >= 11 is 5.79. The number of para-hydroxylation sites is 1. The van der Waals surface area contributed by atoms with Crippen LogP contribution in [0.5, 0.6) is 5.75 Å². The molecule has 0 bridgehead atoms. The molecular formula is C9H11ClN2O2. The first-order valence-electron chi connectivity index (χ1n) is 3.98. The van der Waals surface area contributed by atoms with Crippen LogP contribution < -0.4 is 5.32 Å². The summed E-state index contributed by atoms with van der Waals surface area (Å²) in [4.78, 5) is 12.6. The Hall–Kier alpha value is -1.42. The van der Waals surface area contributed by atoms with Crippen molar-refractivity contribution in [2.24, 2.45) is 0 Å². The van der Waals surface area contributed by atoms with Gasteiger partial charge in [-0.3, -0.25) is 0 Å². The number of phenolic OH excluding ortho intramolecular Hbond substituents is 1. The number of aromatic hydroxyl groups is 1. The highest BCUT2D eigenvalue weighted by Crippen LogP contribution is 2.30. The summed E-state index contributed by atoms with van der Waals surface area (Å²) in [6.07, 6.45) is 0. The van der Waals surface area contributed by atoms with Crippen molar-refractivity contribution in [3.8, 4) is 5.75 Å². The predicted molar refractivity (Wildman–Crippen MR) is 55.8 cm³/mol. The van der Waals surface area contributed by atoms with E-state index in [1.807, 2.05) is 0 Å². The fourth-order valence-electron chi connectivity index (χ4n) is 0.855. The Labute approximate surface area is 87.1 Å². The lowest BCUT2D eigenvalue weighted by Gasteiger charge is -2.13. The van der Waals surface area contributed by atoms with Gasteiger partial charge in [0.05, 0.1) is 5.02 Å². The number of urea groups is 1. The van der Waals surface area contributed by atoms with E-state index in [9.17, 15) is 9.90 Å². The standard InChI is InChI=1S/C9H11ClN2O2/c1-12(2)9(14)11-8-6(10)4-3-5-7(8)13/h3-5,13H,1-2H3,(H,11,14). The molecular weight excluding hydrogens is 204 g/mol. The van der Waals surface area contributed by atoms with Crippen molar-refractivity contribution in [3.63, 3.8) is 0 Å². The van der Waals surface area contributed by atoms with Crippen LogP contribution in [0.3, 0.4) is 0 Å². The molecule has 0 atom stereocenters. The van der Waals surface area contributed by atoms with E-state index < -0.39 is 0 Å². The van der Waals surface area contributed by atoms with E-state index in [4.69, 9.17) is 11.6 Å². The maximum atomic E-state index is 11.3. The van der Waals surface area contributed by atoms with Gasteiger partial charge >= 0.3 is 6.03 Å². The molecule has 76 valence electrons. The first-order valence-corrected chi connectivity index (χ1v) is 4.36. The second-order valence-electron chi connectivity index (χ2n) is 2.96. The van der Waals surface area contributed by atoms with E-state index >= 15 is 0 Å². The maximum absolute atomic E-state index is 11.3. The number of carbonyl (C=O) groups excluding carboxylic acids is 1. The molecule has 1 rings (SSSR count). The van der Waals surface area contributed by atoms with Crippen molar-refractivity contribution >= 4 is 23.3 Å². The van der Waals surface area contributed by atoms with Crippen molar-refractivity contribution in [2.45, 2.75) is 0 Å². The van der Waals surface area contributed by atoms with E-state index in [0.717, 1.165) is 0 Å². The maximum Gasteiger partial charge on any atom is 0.321 e. The summed E-state index contributed by atoms with van der Waals surface area (Å²) in [6, 6.07) is 4.31. The topological polar surface area (TPSA) is 52.6 Å². The SMILES string of the molecule is CN(C)C(=O)Nc1c(O)cccc1Cl. The fraction of sp³-hybridized carbons (Fsp3) is 0.222. The average molecular weight is 215 g/mol. The quantitative estimate of drug-likeness (QED) is 0.704. The lowest BCUT2D eigenvalue weighted by Crippen LogP contribution is -2.27. The van der Waals surface area contributed by atoms with Gasteiger partial charge in [0.2, 0.25) is 0 Å². The van der Waals surface area contributed by atoms with E-state index in [-0.39, 0.29) is 17.5 Å². The Kier molecular flexibility index (Phi) is 3.19. The summed E-state index contributed by atoms with van der Waals surface area (Å²) in [5.74, 6) is -0.0484. The lowest BCUT2D eigenvalue weighted by molar-refractivity contribution is 0.230. The van der Waals surface area contributed by atoms with Crippen LogP contribution in [-0.4, -0.2) is 30.1 Å². The number of hydrogen-bond acceptors (Lipinski definition) is 2. The number of nitrogens with one attached hydrogen (secondary N) is 1. The highest BCUT2D eigenvalue weighted by Gasteiger charge is 2.10. The second kappa shape index (κ2) is 4.19. The molecule has 0 fully saturated rings. The predicted octanol–water partition coefficient (Wildman–Crippen LogP) is 2.14. The molecule has 0 spiro atoms. The number of nitrogens with zero attached hydrogens (tertiary/aromatic N) is 1. The Morgan fingerprint density at radius 3 is 2.64 bits per heavy atom. The Bertz CT molecular complexity index is 332. The van der Waals surface area contributed by atoms with Crippen LogP contribution in [0.4, 0.5) is 10.5 Å². The van der Waals surface area contributed by atoms with Crippen LogP contribution in [0, 0.1) is 0 Å². The zero-order chi connectivity index (χ0) is 10.7. The Morgan fingerprint density at radius 1 is 1.50 bits per heavy atom. The monoisotopic (exact) mass is 214 g/mol. The highest BCUT2D eigenvalue weighted by atomic mass is 35.5. The third-order valence-electron chi connectivity index (χ3n) is 1.63. The van der Waals surface area contributed by atoms with Crippen LogP contribution in [0.1, 0.15) is 0 Å². The molecule has 14 heavy (non-hydrogen) atoms. The highest BCUT2D eigenvalue weighted by molar-refractivity contribution is 6.34. The van der Waals surface area contributed by atoms with Gasteiger partial charge in [-0.1, -0.05) is 17.7 Å². The summed E-state index contributed by atoms with van der Waals surface area (Å²) < 4.78 is 0. The molecule has 5 heteroatoms. The number of amides is 2. The lowest BCUT2D eigenvalue weighted by atomic mass is 10.3. The van der Waals surface area contributed by atoms with E-state index in [1.54, 1.807) is 26.2 Å². The van der Waals surface area contributed by atoms with Gasteiger partial charge in [-0.25, -0.2) is 4.79 Å². The third kappa shape index (κ3) is 2.29. The van der Waals surface area contributed by atoms with Crippen molar-refractivity contribution in [3.05, 3.63) is 23.2 Å². The number of benzene rings is 1. The Balaban J connectivity index is 2.91. The molecule has 0 aromatic heterocycles. The normalized spacial score (nSPS) is 9.64. The third-order valence-corrected chi connectivity index (χ3v) is 1.94. The van der Waals surface area contributed by atoms with Crippen LogP contribution in [-0.2, 0) is 0 Å². The first-order chi connectivity index (χ1) is 6.52. The number of phenols is 1. The number of halogens is 1. The van der Waals surface area contributed by atoms with Gasteiger partial charge in [0.15, 0.2) is 0 Å². The van der Waals surface area contributed by atoms with Gasteiger partial charge < -0.3 is 15.3 Å². The molecule has 0 aliphatic rings.